The molecule has 1 aromatic rings. The summed E-state index contributed by atoms with van der Waals surface area (Å²) in [5.74, 6) is -0.685. The maximum atomic E-state index is 12.2. The van der Waals surface area contributed by atoms with Crippen LogP contribution in [0.5, 0.6) is 0 Å². The number of esters is 1. The lowest BCUT2D eigenvalue weighted by atomic mass is 9.86. The maximum absolute atomic E-state index is 12.2. The monoisotopic (exact) mass is 333 g/mol. The lowest BCUT2D eigenvalue weighted by molar-refractivity contribution is -0.146. The third-order valence-corrected chi connectivity index (χ3v) is 4.28. The Morgan fingerprint density at radius 2 is 1.96 bits per heavy atom. The fraction of sp³-hybridized carbons (Fsp3) is 0.579. The first kappa shape index (κ1) is 18.5. The first-order chi connectivity index (χ1) is 11.3. The second-order valence-corrected chi connectivity index (χ2v) is 7.24. The second kappa shape index (κ2) is 7.79. The van der Waals surface area contributed by atoms with Crippen LogP contribution in [-0.2, 0) is 30.9 Å². The lowest BCUT2D eigenvalue weighted by Crippen LogP contribution is -2.47. The van der Waals surface area contributed by atoms with Gasteiger partial charge in [0.25, 0.3) is 0 Å². The molecule has 0 saturated carbocycles. The van der Waals surface area contributed by atoms with Crippen molar-refractivity contribution in [2.45, 2.75) is 57.6 Å². The molecule has 1 aromatic carbocycles. The zero-order chi connectivity index (χ0) is 17.7. The van der Waals surface area contributed by atoms with Crippen molar-refractivity contribution in [1.29, 1.82) is 0 Å². The van der Waals surface area contributed by atoms with E-state index < -0.39 is 18.1 Å². The van der Waals surface area contributed by atoms with E-state index in [4.69, 9.17) is 9.47 Å². The molecule has 0 spiro atoms. The molecule has 2 atom stereocenters. The van der Waals surface area contributed by atoms with E-state index in [0.717, 1.165) is 12.0 Å². The maximum Gasteiger partial charge on any atom is 0.328 e. The molecule has 0 bridgehead atoms. The smallest absolute Gasteiger partial charge is 0.328 e. The fourth-order valence-corrected chi connectivity index (χ4v) is 2.76. The molecule has 1 fully saturated rings. The van der Waals surface area contributed by atoms with Crippen LogP contribution in [0.2, 0.25) is 0 Å². The van der Waals surface area contributed by atoms with Crippen LogP contribution in [0.3, 0.4) is 0 Å². The molecule has 1 N–H and O–H groups in total. The van der Waals surface area contributed by atoms with Gasteiger partial charge in [0.05, 0.1) is 7.11 Å². The average molecular weight is 333 g/mol. The SMILES string of the molecule is COC(=O)[C@@H](Cc1ccc(C(C)(C)C)cc1)NC(=O)[C@@H]1CCCO1. The molecule has 5 nitrogen and oxygen atoms in total. The summed E-state index contributed by atoms with van der Waals surface area (Å²) in [5, 5.41) is 2.76. The number of benzene rings is 1. The molecule has 1 heterocycles. The van der Waals surface area contributed by atoms with Gasteiger partial charge in [-0.25, -0.2) is 4.79 Å². The van der Waals surface area contributed by atoms with E-state index in [2.05, 4.69) is 38.2 Å². The number of carbonyl (C=O) groups is 2. The highest BCUT2D eigenvalue weighted by molar-refractivity contribution is 5.87. The molecule has 0 radical (unpaired) electrons. The number of hydrogen-bond acceptors (Lipinski definition) is 4. The van der Waals surface area contributed by atoms with Crippen molar-refractivity contribution < 1.29 is 19.1 Å². The minimum Gasteiger partial charge on any atom is -0.467 e. The van der Waals surface area contributed by atoms with E-state index >= 15 is 0 Å². The molecule has 0 unspecified atom stereocenters. The first-order valence-electron chi connectivity index (χ1n) is 8.40. The number of amides is 1. The van der Waals surface area contributed by atoms with Crippen LogP contribution in [0.25, 0.3) is 0 Å². The van der Waals surface area contributed by atoms with Crippen molar-refractivity contribution in [3.05, 3.63) is 35.4 Å². The Kier molecular flexibility index (Phi) is 5.99. The average Bonchev–Trinajstić information content (AvgIpc) is 3.07. The number of rotatable bonds is 5. The Hall–Kier alpha value is -1.88. The molecule has 5 heteroatoms. The molecule has 2 rings (SSSR count). The van der Waals surface area contributed by atoms with Gasteiger partial charge in [-0.1, -0.05) is 45.0 Å². The molecular formula is C19H27NO4. The van der Waals surface area contributed by atoms with E-state index in [-0.39, 0.29) is 11.3 Å². The van der Waals surface area contributed by atoms with Crippen molar-refractivity contribution in [1.82, 2.24) is 5.32 Å². The van der Waals surface area contributed by atoms with Crippen molar-refractivity contribution >= 4 is 11.9 Å². The normalized spacial score (nSPS) is 18.9. The fourth-order valence-electron chi connectivity index (χ4n) is 2.76. The van der Waals surface area contributed by atoms with Gasteiger partial charge in [0.1, 0.15) is 12.1 Å². The van der Waals surface area contributed by atoms with Crippen LogP contribution in [0.15, 0.2) is 24.3 Å². The first-order valence-corrected chi connectivity index (χ1v) is 8.40. The topological polar surface area (TPSA) is 64.6 Å². The van der Waals surface area contributed by atoms with Crippen LogP contribution in [-0.4, -0.2) is 37.7 Å². The van der Waals surface area contributed by atoms with Gasteiger partial charge in [0.15, 0.2) is 0 Å². The molecule has 1 amide bonds. The standard InChI is InChI=1S/C19H27NO4/c1-19(2,3)14-9-7-13(8-10-14)12-15(18(22)23-4)20-17(21)16-6-5-11-24-16/h7-10,15-16H,5-6,11-12H2,1-4H3,(H,20,21)/t15-,16+/m1/s1. The van der Waals surface area contributed by atoms with Crippen LogP contribution in [0.1, 0.15) is 44.7 Å². The molecule has 0 aliphatic carbocycles. The van der Waals surface area contributed by atoms with Crippen LogP contribution < -0.4 is 5.32 Å². The van der Waals surface area contributed by atoms with E-state index in [9.17, 15) is 9.59 Å². The van der Waals surface area contributed by atoms with Gasteiger partial charge in [-0.15, -0.1) is 0 Å². The summed E-state index contributed by atoms with van der Waals surface area (Å²) in [6, 6.07) is 7.41. The third-order valence-electron chi connectivity index (χ3n) is 4.28. The summed E-state index contributed by atoms with van der Waals surface area (Å²) >= 11 is 0. The van der Waals surface area contributed by atoms with E-state index in [1.807, 2.05) is 12.1 Å². The number of hydrogen-bond donors (Lipinski definition) is 1. The Morgan fingerprint density at radius 3 is 2.46 bits per heavy atom. The summed E-state index contributed by atoms with van der Waals surface area (Å²) in [4.78, 5) is 24.2. The Balaban J connectivity index is 2.05. The second-order valence-electron chi connectivity index (χ2n) is 7.24. The van der Waals surface area contributed by atoms with Crippen molar-refractivity contribution in [3.63, 3.8) is 0 Å². The van der Waals surface area contributed by atoms with Crippen LogP contribution in [0.4, 0.5) is 0 Å². The van der Waals surface area contributed by atoms with Gasteiger partial charge in [-0.05, 0) is 29.4 Å². The lowest BCUT2D eigenvalue weighted by Gasteiger charge is -2.21. The van der Waals surface area contributed by atoms with Gasteiger partial charge in [-0.2, -0.15) is 0 Å². The number of ether oxygens (including phenoxy) is 2. The summed E-state index contributed by atoms with van der Waals surface area (Å²) in [6.07, 6.45) is 1.51. The molecule has 24 heavy (non-hydrogen) atoms. The zero-order valence-electron chi connectivity index (χ0n) is 14.9. The number of nitrogens with one attached hydrogen (secondary N) is 1. The van der Waals surface area contributed by atoms with Gasteiger partial charge < -0.3 is 14.8 Å². The number of carbonyl (C=O) groups excluding carboxylic acids is 2. The van der Waals surface area contributed by atoms with Crippen molar-refractivity contribution in [2.75, 3.05) is 13.7 Å². The Bertz CT molecular complexity index is 568. The van der Waals surface area contributed by atoms with Crippen molar-refractivity contribution in [3.8, 4) is 0 Å². The zero-order valence-corrected chi connectivity index (χ0v) is 14.9. The molecule has 0 aromatic heterocycles. The van der Waals surface area contributed by atoms with Crippen LogP contribution in [0, 0.1) is 0 Å². The van der Waals surface area contributed by atoms with Gasteiger partial charge in [0, 0.05) is 13.0 Å². The highest BCUT2D eigenvalue weighted by Crippen LogP contribution is 2.22. The molecule has 1 saturated heterocycles. The summed E-state index contributed by atoms with van der Waals surface area (Å²) in [6.45, 7) is 7.05. The predicted octanol–water partition coefficient (Wildman–Crippen LogP) is 2.36. The molecular weight excluding hydrogens is 306 g/mol. The Labute approximate surface area is 143 Å². The Morgan fingerprint density at radius 1 is 1.29 bits per heavy atom. The summed E-state index contributed by atoms with van der Waals surface area (Å²) in [5.41, 5.74) is 2.28. The minimum absolute atomic E-state index is 0.0777. The van der Waals surface area contributed by atoms with Gasteiger partial charge in [-0.3, -0.25) is 4.79 Å². The van der Waals surface area contributed by atoms with Crippen molar-refractivity contribution in [2.24, 2.45) is 0 Å². The van der Waals surface area contributed by atoms with Gasteiger partial charge >= 0.3 is 5.97 Å². The van der Waals surface area contributed by atoms with E-state index in [0.29, 0.717) is 19.4 Å². The number of methoxy groups -OCH3 is 1. The quantitative estimate of drug-likeness (QED) is 0.840. The van der Waals surface area contributed by atoms with E-state index in [1.165, 1.54) is 12.7 Å². The predicted molar refractivity (Wildman–Crippen MR) is 91.8 cm³/mol. The van der Waals surface area contributed by atoms with Gasteiger partial charge in [0.2, 0.25) is 5.91 Å². The highest BCUT2D eigenvalue weighted by Gasteiger charge is 2.29. The summed E-state index contributed by atoms with van der Waals surface area (Å²) in [7, 11) is 1.33. The minimum atomic E-state index is -0.702. The molecule has 1 aliphatic rings. The molecule has 132 valence electrons. The highest BCUT2D eigenvalue weighted by atomic mass is 16.5. The molecule has 1 aliphatic heterocycles. The summed E-state index contributed by atoms with van der Waals surface area (Å²) < 4.78 is 10.2. The van der Waals surface area contributed by atoms with E-state index in [1.54, 1.807) is 0 Å². The van der Waals surface area contributed by atoms with Crippen LogP contribution >= 0.6 is 0 Å². The third kappa shape index (κ3) is 4.81. The largest absolute Gasteiger partial charge is 0.467 e.